The number of methoxy groups -OCH3 is 1. The quantitative estimate of drug-likeness (QED) is 0.464. The van der Waals surface area contributed by atoms with E-state index in [2.05, 4.69) is 5.10 Å². The number of aromatic nitrogens is 3. The summed E-state index contributed by atoms with van der Waals surface area (Å²) in [5.74, 6) is 1.44. The molecule has 7 nitrogen and oxygen atoms in total. The maximum atomic E-state index is 12.6. The number of halogens is 1. The van der Waals surface area contributed by atoms with Crippen LogP contribution in [0.1, 0.15) is 29.7 Å². The van der Waals surface area contributed by atoms with Crippen LogP contribution in [0, 0.1) is 13.8 Å². The summed E-state index contributed by atoms with van der Waals surface area (Å²) in [6, 6.07) is 7.27. The zero-order valence-corrected chi connectivity index (χ0v) is 19.5. The summed E-state index contributed by atoms with van der Waals surface area (Å²) in [7, 11) is 5.29. The molecule has 2 heterocycles. The van der Waals surface area contributed by atoms with Crippen LogP contribution >= 0.6 is 11.6 Å². The molecule has 0 radical (unpaired) electrons. The second kappa shape index (κ2) is 10.0. The first-order valence-electron chi connectivity index (χ1n) is 10.3. The molecule has 0 N–H and O–H groups in total. The van der Waals surface area contributed by atoms with Crippen LogP contribution in [0.25, 0.3) is 11.0 Å². The van der Waals surface area contributed by atoms with Crippen LogP contribution in [0.2, 0.25) is 5.02 Å². The molecule has 1 aromatic carbocycles. The van der Waals surface area contributed by atoms with Crippen LogP contribution in [0.4, 0.5) is 0 Å². The fourth-order valence-electron chi connectivity index (χ4n) is 3.68. The standard InChI is InChI=1S/C23H29ClN4O3/c1-15-19(16(2)25-22-21(15)23(30-5)26-28(22)4)11-12-20(29)27(3)13-6-14-31-18-9-7-17(24)8-10-18/h7-10H,6,11-14H2,1-5H3. The number of hydrogen-bond donors (Lipinski definition) is 0. The van der Waals surface area contributed by atoms with E-state index in [0.717, 1.165) is 40.0 Å². The molecule has 0 spiro atoms. The molecule has 166 valence electrons. The Labute approximate surface area is 187 Å². The maximum Gasteiger partial charge on any atom is 0.242 e. The van der Waals surface area contributed by atoms with Gasteiger partial charge >= 0.3 is 0 Å². The number of nitrogens with zero attached hydrogens (tertiary/aromatic N) is 4. The molecule has 0 unspecified atom stereocenters. The van der Waals surface area contributed by atoms with Gasteiger partial charge in [-0.2, -0.15) is 0 Å². The lowest BCUT2D eigenvalue weighted by Crippen LogP contribution is -2.29. The molecule has 3 aromatic rings. The van der Waals surface area contributed by atoms with Crippen LogP contribution in [-0.2, 0) is 18.3 Å². The molecule has 0 aliphatic rings. The van der Waals surface area contributed by atoms with Crippen molar-refractivity contribution in [2.75, 3.05) is 27.3 Å². The molecule has 1 amide bonds. The van der Waals surface area contributed by atoms with Gasteiger partial charge < -0.3 is 14.4 Å². The van der Waals surface area contributed by atoms with Gasteiger partial charge in [0.25, 0.3) is 0 Å². The van der Waals surface area contributed by atoms with Crippen molar-refractivity contribution in [2.24, 2.45) is 7.05 Å². The molecule has 0 aliphatic carbocycles. The van der Waals surface area contributed by atoms with Gasteiger partial charge in [-0.25, -0.2) is 9.67 Å². The van der Waals surface area contributed by atoms with Gasteiger partial charge in [0.2, 0.25) is 11.8 Å². The van der Waals surface area contributed by atoms with Gasteiger partial charge in [-0.15, -0.1) is 5.10 Å². The van der Waals surface area contributed by atoms with E-state index < -0.39 is 0 Å². The second-order valence-corrected chi connectivity index (χ2v) is 8.04. The van der Waals surface area contributed by atoms with E-state index in [1.165, 1.54) is 0 Å². The number of ether oxygens (including phenoxy) is 2. The van der Waals surface area contributed by atoms with E-state index in [9.17, 15) is 4.79 Å². The van der Waals surface area contributed by atoms with Gasteiger partial charge in [0.05, 0.1) is 19.1 Å². The third kappa shape index (κ3) is 5.28. The van der Waals surface area contributed by atoms with E-state index in [0.29, 0.717) is 36.9 Å². The number of carbonyl (C=O) groups is 1. The largest absolute Gasteiger partial charge is 0.494 e. The van der Waals surface area contributed by atoms with Gasteiger partial charge in [0.1, 0.15) is 5.75 Å². The van der Waals surface area contributed by atoms with Gasteiger partial charge in [-0.3, -0.25) is 4.79 Å². The molecule has 3 rings (SSSR count). The van der Waals surface area contributed by atoms with E-state index in [4.69, 9.17) is 26.1 Å². The Morgan fingerprint density at radius 3 is 2.61 bits per heavy atom. The monoisotopic (exact) mass is 444 g/mol. The Morgan fingerprint density at radius 1 is 1.23 bits per heavy atom. The van der Waals surface area contributed by atoms with Crippen molar-refractivity contribution < 1.29 is 14.3 Å². The second-order valence-electron chi connectivity index (χ2n) is 7.60. The molecule has 0 saturated heterocycles. The van der Waals surface area contributed by atoms with E-state index in [1.807, 2.05) is 40.1 Å². The molecular formula is C23H29ClN4O3. The summed E-state index contributed by atoms with van der Waals surface area (Å²) in [4.78, 5) is 19.1. The average molecular weight is 445 g/mol. The lowest BCUT2D eigenvalue weighted by molar-refractivity contribution is -0.129. The lowest BCUT2D eigenvalue weighted by atomic mass is 10.00. The van der Waals surface area contributed by atoms with Crippen LogP contribution < -0.4 is 9.47 Å². The Kier molecular flexibility index (Phi) is 7.38. The van der Waals surface area contributed by atoms with Crippen LogP contribution in [0.5, 0.6) is 11.6 Å². The summed E-state index contributed by atoms with van der Waals surface area (Å²) in [6.07, 6.45) is 1.80. The number of amides is 1. The average Bonchev–Trinajstić information content (AvgIpc) is 3.07. The number of pyridine rings is 1. The van der Waals surface area contributed by atoms with Gasteiger partial charge in [-0.1, -0.05) is 11.6 Å². The fraction of sp³-hybridized carbons (Fsp3) is 0.435. The minimum Gasteiger partial charge on any atom is -0.494 e. The van der Waals surface area contributed by atoms with E-state index in [1.54, 1.807) is 28.8 Å². The van der Waals surface area contributed by atoms with E-state index >= 15 is 0 Å². The summed E-state index contributed by atoms with van der Waals surface area (Å²) in [6.45, 7) is 5.19. The van der Waals surface area contributed by atoms with Crippen molar-refractivity contribution in [1.29, 1.82) is 0 Å². The highest BCUT2D eigenvalue weighted by Gasteiger charge is 2.19. The normalized spacial score (nSPS) is 11.0. The van der Waals surface area contributed by atoms with Gasteiger partial charge in [0, 0.05) is 37.8 Å². The van der Waals surface area contributed by atoms with Crippen molar-refractivity contribution in [1.82, 2.24) is 19.7 Å². The zero-order valence-electron chi connectivity index (χ0n) is 18.7. The molecule has 0 fully saturated rings. The molecule has 0 aliphatic heterocycles. The molecule has 0 saturated carbocycles. The fourth-order valence-corrected chi connectivity index (χ4v) is 3.80. The third-order valence-electron chi connectivity index (χ3n) is 5.45. The molecule has 8 heteroatoms. The number of hydrogen-bond acceptors (Lipinski definition) is 5. The van der Waals surface area contributed by atoms with Crippen molar-refractivity contribution in [2.45, 2.75) is 33.1 Å². The number of aryl methyl sites for hydroxylation is 3. The molecule has 2 aromatic heterocycles. The van der Waals surface area contributed by atoms with Crippen molar-refractivity contribution in [3.63, 3.8) is 0 Å². The molecule has 0 bridgehead atoms. The van der Waals surface area contributed by atoms with Crippen LogP contribution in [0.3, 0.4) is 0 Å². The van der Waals surface area contributed by atoms with Crippen molar-refractivity contribution in [3.05, 3.63) is 46.1 Å². The third-order valence-corrected chi connectivity index (χ3v) is 5.70. The number of rotatable bonds is 9. The summed E-state index contributed by atoms with van der Waals surface area (Å²) < 4.78 is 12.8. The highest BCUT2D eigenvalue weighted by molar-refractivity contribution is 6.30. The molecule has 0 atom stereocenters. The van der Waals surface area contributed by atoms with E-state index in [-0.39, 0.29) is 5.91 Å². The Morgan fingerprint density at radius 2 is 1.94 bits per heavy atom. The Balaban J connectivity index is 1.54. The first-order valence-corrected chi connectivity index (χ1v) is 10.7. The zero-order chi connectivity index (χ0) is 22.5. The molecular weight excluding hydrogens is 416 g/mol. The Hall–Kier alpha value is -2.80. The topological polar surface area (TPSA) is 69.5 Å². The number of carbonyl (C=O) groups excluding carboxylic acids is 1. The number of fused-ring (bicyclic) bond motifs is 1. The van der Waals surface area contributed by atoms with Crippen LogP contribution in [0.15, 0.2) is 24.3 Å². The predicted molar refractivity (Wildman–Crippen MR) is 122 cm³/mol. The first kappa shape index (κ1) is 22.9. The maximum absolute atomic E-state index is 12.6. The lowest BCUT2D eigenvalue weighted by Gasteiger charge is -2.18. The smallest absolute Gasteiger partial charge is 0.242 e. The highest BCUT2D eigenvalue weighted by atomic mass is 35.5. The Bertz CT molecular complexity index is 1060. The van der Waals surface area contributed by atoms with Crippen LogP contribution in [-0.4, -0.2) is 52.9 Å². The summed E-state index contributed by atoms with van der Waals surface area (Å²) >= 11 is 5.87. The van der Waals surface area contributed by atoms with Crippen molar-refractivity contribution in [3.8, 4) is 11.6 Å². The van der Waals surface area contributed by atoms with Gasteiger partial charge in [0.15, 0.2) is 5.65 Å². The summed E-state index contributed by atoms with van der Waals surface area (Å²) in [5, 5.41) is 5.97. The summed E-state index contributed by atoms with van der Waals surface area (Å²) in [5.41, 5.74) is 3.85. The van der Waals surface area contributed by atoms with Gasteiger partial charge in [-0.05, 0) is 62.1 Å². The highest BCUT2D eigenvalue weighted by Crippen LogP contribution is 2.30. The molecule has 31 heavy (non-hydrogen) atoms. The SMILES string of the molecule is COc1nn(C)c2nc(C)c(CCC(=O)N(C)CCCOc3ccc(Cl)cc3)c(C)c12. The first-order chi connectivity index (χ1) is 14.8. The minimum atomic E-state index is 0.101. The minimum absolute atomic E-state index is 0.101. The van der Waals surface area contributed by atoms with Crippen molar-refractivity contribution >= 4 is 28.5 Å². The number of benzene rings is 1. The predicted octanol–water partition coefficient (Wildman–Crippen LogP) is 4.11.